The van der Waals surface area contributed by atoms with Crippen LogP contribution in [0.5, 0.6) is 0 Å². The van der Waals surface area contributed by atoms with Crippen LogP contribution in [0.25, 0.3) is 10.9 Å². The van der Waals surface area contributed by atoms with Crippen molar-refractivity contribution in [2.24, 2.45) is 0 Å². The molecule has 0 N–H and O–H groups in total. The van der Waals surface area contributed by atoms with Gasteiger partial charge in [0.05, 0.1) is 24.1 Å². The standard InChI is InChI=1S/C21H21N3O3/c25-20(23-10-12-27-13-11-23)15-24-19(14-16-6-2-1-3-7-16)22-18-9-5-4-8-17(18)21(24)26/h1-9H,10-15H2. The maximum atomic E-state index is 13.1. The van der Waals surface area contributed by atoms with Gasteiger partial charge in [-0.1, -0.05) is 42.5 Å². The zero-order chi connectivity index (χ0) is 18.6. The number of ether oxygens (including phenoxy) is 1. The zero-order valence-electron chi connectivity index (χ0n) is 15.0. The van der Waals surface area contributed by atoms with Crippen molar-refractivity contribution >= 4 is 16.8 Å². The summed E-state index contributed by atoms with van der Waals surface area (Å²) in [6.45, 7) is 2.19. The summed E-state index contributed by atoms with van der Waals surface area (Å²) >= 11 is 0. The fourth-order valence-electron chi connectivity index (χ4n) is 3.34. The van der Waals surface area contributed by atoms with Crippen LogP contribution in [0.15, 0.2) is 59.4 Å². The molecule has 0 radical (unpaired) electrons. The third kappa shape index (κ3) is 3.75. The molecule has 27 heavy (non-hydrogen) atoms. The predicted octanol–water partition coefficient (Wildman–Crippen LogP) is 1.85. The normalized spacial score (nSPS) is 14.4. The second kappa shape index (κ2) is 7.72. The molecule has 0 spiro atoms. The maximum absolute atomic E-state index is 13.1. The first-order valence-electron chi connectivity index (χ1n) is 9.10. The van der Waals surface area contributed by atoms with E-state index in [9.17, 15) is 9.59 Å². The predicted molar refractivity (Wildman–Crippen MR) is 103 cm³/mol. The van der Waals surface area contributed by atoms with Crippen molar-refractivity contribution in [2.45, 2.75) is 13.0 Å². The van der Waals surface area contributed by atoms with Crippen molar-refractivity contribution < 1.29 is 9.53 Å². The molecule has 0 aliphatic carbocycles. The summed E-state index contributed by atoms with van der Waals surface area (Å²) in [5, 5.41) is 0.532. The lowest BCUT2D eigenvalue weighted by Crippen LogP contribution is -2.44. The molecule has 138 valence electrons. The van der Waals surface area contributed by atoms with Crippen molar-refractivity contribution in [2.75, 3.05) is 26.3 Å². The van der Waals surface area contributed by atoms with Crippen molar-refractivity contribution in [1.82, 2.24) is 14.5 Å². The van der Waals surface area contributed by atoms with E-state index in [2.05, 4.69) is 0 Å². The Hall–Kier alpha value is -2.99. The van der Waals surface area contributed by atoms with Gasteiger partial charge in [-0.15, -0.1) is 0 Å². The number of fused-ring (bicyclic) bond motifs is 1. The Morgan fingerprint density at radius 1 is 1.00 bits per heavy atom. The van der Waals surface area contributed by atoms with Gasteiger partial charge in [0.15, 0.2) is 0 Å². The summed E-state index contributed by atoms with van der Waals surface area (Å²) in [7, 11) is 0. The Morgan fingerprint density at radius 3 is 2.48 bits per heavy atom. The van der Waals surface area contributed by atoms with Crippen LogP contribution in [0, 0.1) is 0 Å². The van der Waals surface area contributed by atoms with Gasteiger partial charge in [-0.2, -0.15) is 0 Å². The van der Waals surface area contributed by atoms with E-state index in [4.69, 9.17) is 9.72 Å². The highest BCUT2D eigenvalue weighted by Gasteiger charge is 2.20. The molecule has 1 amide bonds. The number of hydrogen-bond acceptors (Lipinski definition) is 4. The number of carbonyl (C=O) groups is 1. The quantitative estimate of drug-likeness (QED) is 0.710. The first kappa shape index (κ1) is 17.4. The molecule has 6 nitrogen and oxygen atoms in total. The van der Waals surface area contributed by atoms with Gasteiger partial charge in [-0.3, -0.25) is 14.2 Å². The lowest BCUT2D eigenvalue weighted by Gasteiger charge is -2.27. The molecule has 2 aromatic carbocycles. The minimum atomic E-state index is -0.173. The van der Waals surface area contributed by atoms with Crippen LogP contribution < -0.4 is 5.56 Å². The number of para-hydroxylation sites is 1. The van der Waals surface area contributed by atoms with Crippen LogP contribution in [-0.2, 0) is 22.5 Å². The van der Waals surface area contributed by atoms with Gasteiger partial charge in [0, 0.05) is 19.5 Å². The molecule has 6 heteroatoms. The first-order valence-corrected chi connectivity index (χ1v) is 9.10. The van der Waals surface area contributed by atoms with E-state index in [0.29, 0.717) is 49.5 Å². The van der Waals surface area contributed by atoms with E-state index in [-0.39, 0.29) is 18.0 Å². The molecule has 0 unspecified atom stereocenters. The Labute approximate surface area is 157 Å². The largest absolute Gasteiger partial charge is 0.378 e. The van der Waals surface area contributed by atoms with E-state index in [1.165, 1.54) is 4.57 Å². The topological polar surface area (TPSA) is 64.4 Å². The summed E-state index contributed by atoms with van der Waals surface area (Å²) in [6.07, 6.45) is 0.497. The summed E-state index contributed by atoms with van der Waals surface area (Å²) in [6, 6.07) is 17.1. The fourth-order valence-corrected chi connectivity index (χ4v) is 3.34. The molecule has 3 aromatic rings. The number of benzene rings is 2. The summed E-state index contributed by atoms with van der Waals surface area (Å²) in [4.78, 5) is 32.3. The van der Waals surface area contributed by atoms with Gasteiger partial charge >= 0.3 is 0 Å². The van der Waals surface area contributed by atoms with Crippen LogP contribution in [-0.4, -0.2) is 46.7 Å². The average Bonchev–Trinajstić information content (AvgIpc) is 2.72. The van der Waals surface area contributed by atoms with Crippen molar-refractivity contribution in [3.05, 3.63) is 76.3 Å². The van der Waals surface area contributed by atoms with Crippen molar-refractivity contribution in [1.29, 1.82) is 0 Å². The highest BCUT2D eigenvalue weighted by atomic mass is 16.5. The minimum absolute atomic E-state index is 0.00116. The smallest absolute Gasteiger partial charge is 0.261 e. The fraction of sp³-hybridized carbons (Fsp3) is 0.286. The van der Waals surface area contributed by atoms with Crippen LogP contribution in [0.4, 0.5) is 0 Å². The summed E-state index contributed by atoms with van der Waals surface area (Å²) in [5.41, 5.74) is 1.53. The van der Waals surface area contributed by atoms with Gasteiger partial charge < -0.3 is 9.64 Å². The van der Waals surface area contributed by atoms with Crippen LogP contribution >= 0.6 is 0 Å². The Morgan fingerprint density at radius 2 is 1.70 bits per heavy atom. The molecule has 1 aliphatic heterocycles. The summed E-state index contributed by atoms with van der Waals surface area (Å²) in [5.74, 6) is 0.526. The molecule has 0 bridgehead atoms. The third-order valence-corrected chi connectivity index (χ3v) is 4.80. The monoisotopic (exact) mass is 363 g/mol. The lowest BCUT2D eigenvalue weighted by molar-refractivity contribution is -0.136. The van der Waals surface area contributed by atoms with E-state index in [0.717, 1.165) is 5.56 Å². The van der Waals surface area contributed by atoms with E-state index < -0.39 is 0 Å². The van der Waals surface area contributed by atoms with Crippen molar-refractivity contribution in [3.63, 3.8) is 0 Å². The number of amides is 1. The van der Waals surface area contributed by atoms with Crippen molar-refractivity contribution in [3.8, 4) is 0 Å². The van der Waals surface area contributed by atoms with Gasteiger partial charge in [0.2, 0.25) is 5.91 Å². The van der Waals surface area contributed by atoms with Crippen LogP contribution in [0.2, 0.25) is 0 Å². The number of aromatic nitrogens is 2. The Bertz CT molecular complexity index is 1010. The maximum Gasteiger partial charge on any atom is 0.261 e. The molecule has 1 fully saturated rings. The molecule has 1 saturated heterocycles. The second-order valence-electron chi connectivity index (χ2n) is 6.59. The Kier molecular flexibility index (Phi) is 4.98. The third-order valence-electron chi connectivity index (χ3n) is 4.80. The molecule has 4 rings (SSSR count). The molecule has 0 saturated carbocycles. The average molecular weight is 363 g/mol. The number of rotatable bonds is 4. The van der Waals surface area contributed by atoms with Gasteiger partial charge in [-0.25, -0.2) is 4.98 Å². The number of nitrogens with zero attached hydrogens (tertiary/aromatic N) is 3. The SMILES string of the molecule is O=C(Cn1c(Cc2ccccc2)nc2ccccc2c1=O)N1CCOCC1. The molecular formula is C21H21N3O3. The molecule has 1 aliphatic rings. The van der Waals surface area contributed by atoms with Gasteiger partial charge in [-0.05, 0) is 17.7 Å². The zero-order valence-corrected chi connectivity index (χ0v) is 15.0. The molecule has 0 atom stereocenters. The van der Waals surface area contributed by atoms with E-state index in [1.54, 1.807) is 11.0 Å². The second-order valence-corrected chi connectivity index (χ2v) is 6.59. The minimum Gasteiger partial charge on any atom is -0.378 e. The lowest BCUT2D eigenvalue weighted by atomic mass is 10.1. The molecule has 1 aromatic heterocycles. The van der Waals surface area contributed by atoms with Crippen LogP contribution in [0.3, 0.4) is 0 Å². The number of morpholine rings is 1. The first-order chi connectivity index (χ1) is 13.2. The van der Waals surface area contributed by atoms with Crippen LogP contribution in [0.1, 0.15) is 11.4 Å². The van der Waals surface area contributed by atoms with E-state index >= 15 is 0 Å². The summed E-state index contributed by atoms with van der Waals surface area (Å²) < 4.78 is 6.83. The van der Waals surface area contributed by atoms with E-state index in [1.807, 2.05) is 48.5 Å². The van der Waals surface area contributed by atoms with Gasteiger partial charge in [0.1, 0.15) is 12.4 Å². The van der Waals surface area contributed by atoms with Gasteiger partial charge in [0.25, 0.3) is 5.56 Å². The molecular weight excluding hydrogens is 342 g/mol. The number of carbonyl (C=O) groups excluding carboxylic acids is 1. The molecule has 2 heterocycles. The highest BCUT2D eigenvalue weighted by Crippen LogP contribution is 2.12. The number of hydrogen-bond donors (Lipinski definition) is 0. The highest BCUT2D eigenvalue weighted by molar-refractivity contribution is 5.79. The Balaban J connectivity index is 1.74.